The summed E-state index contributed by atoms with van der Waals surface area (Å²) >= 11 is 0. The fourth-order valence-electron chi connectivity index (χ4n) is 3.19. The minimum Gasteiger partial charge on any atom is -0.442 e. The summed E-state index contributed by atoms with van der Waals surface area (Å²) in [4.78, 5) is 60.4. The van der Waals surface area contributed by atoms with Crippen LogP contribution in [0.15, 0.2) is 47.3 Å². The van der Waals surface area contributed by atoms with Gasteiger partial charge in [0.05, 0.1) is 22.3 Å². The molecule has 0 bridgehead atoms. The molecular formula is C19H13N5O7. The molecule has 1 aliphatic heterocycles. The first-order valence-electron chi connectivity index (χ1n) is 9.00. The lowest BCUT2D eigenvalue weighted by Crippen LogP contribution is -2.33. The number of esters is 1. The summed E-state index contributed by atoms with van der Waals surface area (Å²) in [7, 11) is 0. The summed E-state index contributed by atoms with van der Waals surface area (Å²) in [5.74, 6) is -2.38. The Morgan fingerprint density at radius 1 is 1.06 bits per heavy atom. The first-order valence-corrected chi connectivity index (χ1v) is 9.00. The molecule has 1 aliphatic rings. The van der Waals surface area contributed by atoms with E-state index in [1.54, 1.807) is 24.3 Å². The van der Waals surface area contributed by atoms with E-state index < -0.39 is 40.7 Å². The smallest absolute Gasteiger partial charge is 0.309 e. The van der Waals surface area contributed by atoms with Crippen LogP contribution in [0.4, 0.5) is 5.69 Å². The second-order valence-corrected chi connectivity index (χ2v) is 6.53. The van der Waals surface area contributed by atoms with Crippen LogP contribution in [0.1, 0.15) is 27.1 Å². The van der Waals surface area contributed by atoms with Crippen molar-refractivity contribution in [2.24, 2.45) is 0 Å². The molecule has 0 saturated carbocycles. The number of ether oxygens (including phenoxy) is 1. The van der Waals surface area contributed by atoms with Gasteiger partial charge in [-0.15, -0.1) is 5.10 Å². The van der Waals surface area contributed by atoms with Crippen LogP contribution in [0.2, 0.25) is 0 Å². The van der Waals surface area contributed by atoms with Crippen molar-refractivity contribution in [2.45, 2.75) is 13.2 Å². The molecule has 0 radical (unpaired) electrons. The lowest BCUT2D eigenvalue weighted by Gasteiger charge is -2.13. The Bertz CT molecular complexity index is 1320. The zero-order valence-corrected chi connectivity index (χ0v) is 15.8. The SMILES string of the molecule is O=C(CCN1C(=O)c2cccc([N+](=O)[O-])c2C1=O)OCn1nnc2ccccc2c1=O. The number of imide groups is 1. The van der Waals surface area contributed by atoms with Gasteiger partial charge in [0.2, 0.25) is 0 Å². The predicted molar refractivity (Wildman–Crippen MR) is 103 cm³/mol. The van der Waals surface area contributed by atoms with Crippen molar-refractivity contribution < 1.29 is 24.0 Å². The Labute approximate surface area is 172 Å². The van der Waals surface area contributed by atoms with E-state index in [1.165, 1.54) is 12.1 Å². The second-order valence-electron chi connectivity index (χ2n) is 6.53. The summed E-state index contributed by atoms with van der Waals surface area (Å²) in [6, 6.07) is 10.3. The van der Waals surface area contributed by atoms with Crippen molar-refractivity contribution in [1.82, 2.24) is 19.9 Å². The summed E-state index contributed by atoms with van der Waals surface area (Å²) in [5, 5.41) is 19.0. The third-order valence-corrected chi connectivity index (χ3v) is 4.69. The molecule has 12 nitrogen and oxygen atoms in total. The van der Waals surface area contributed by atoms with Gasteiger partial charge in [-0.05, 0) is 18.2 Å². The van der Waals surface area contributed by atoms with Gasteiger partial charge in [-0.2, -0.15) is 4.68 Å². The lowest BCUT2D eigenvalue weighted by atomic mass is 10.1. The number of rotatable bonds is 6. The van der Waals surface area contributed by atoms with Crippen LogP contribution in [-0.4, -0.2) is 49.1 Å². The van der Waals surface area contributed by atoms with E-state index >= 15 is 0 Å². The molecule has 31 heavy (non-hydrogen) atoms. The van der Waals surface area contributed by atoms with Gasteiger partial charge < -0.3 is 4.74 Å². The molecule has 0 N–H and O–H groups in total. The van der Waals surface area contributed by atoms with Gasteiger partial charge >= 0.3 is 5.97 Å². The van der Waals surface area contributed by atoms with E-state index in [4.69, 9.17) is 4.74 Å². The first kappa shape index (κ1) is 19.8. The van der Waals surface area contributed by atoms with Gasteiger partial charge in [0.1, 0.15) is 11.1 Å². The van der Waals surface area contributed by atoms with Crippen LogP contribution < -0.4 is 5.56 Å². The Balaban J connectivity index is 1.41. The van der Waals surface area contributed by atoms with E-state index in [2.05, 4.69) is 10.3 Å². The number of hydrogen-bond acceptors (Lipinski definition) is 9. The fourth-order valence-corrected chi connectivity index (χ4v) is 3.19. The fraction of sp³-hybridized carbons (Fsp3) is 0.158. The zero-order valence-electron chi connectivity index (χ0n) is 15.8. The number of aromatic nitrogens is 3. The molecule has 2 heterocycles. The van der Waals surface area contributed by atoms with E-state index in [9.17, 15) is 29.3 Å². The van der Waals surface area contributed by atoms with Crippen LogP contribution in [0.3, 0.4) is 0 Å². The van der Waals surface area contributed by atoms with E-state index in [1.807, 2.05) is 0 Å². The number of nitrogens with zero attached hydrogens (tertiary/aromatic N) is 5. The van der Waals surface area contributed by atoms with Gasteiger partial charge in [0, 0.05) is 12.6 Å². The number of carbonyl (C=O) groups excluding carboxylic acids is 3. The Morgan fingerprint density at radius 3 is 2.61 bits per heavy atom. The van der Waals surface area contributed by atoms with E-state index in [0.29, 0.717) is 10.9 Å². The molecule has 0 unspecified atom stereocenters. The third kappa shape index (κ3) is 3.50. The highest BCUT2D eigenvalue weighted by molar-refractivity contribution is 6.23. The number of carbonyl (C=O) groups is 3. The topological polar surface area (TPSA) is 155 Å². The van der Waals surface area contributed by atoms with Crippen molar-refractivity contribution in [3.63, 3.8) is 0 Å². The van der Waals surface area contributed by atoms with Crippen LogP contribution >= 0.6 is 0 Å². The predicted octanol–water partition coefficient (Wildman–Crippen LogP) is 0.887. The standard InChI is InChI=1S/C19H13N5O7/c25-15(31-10-23-18(27)11-4-1-2-6-13(11)20-21-23)8-9-22-17(26)12-5-3-7-14(24(29)30)16(12)19(22)28/h1-7H,8-10H2. The summed E-state index contributed by atoms with van der Waals surface area (Å²) < 4.78 is 5.86. The third-order valence-electron chi connectivity index (χ3n) is 4.69. The number of nitro groups is 1. The van der Waals surface area contributed by atoms with Crippen LogP contribution in [0.25, 0.3) is 10.9 Å². The quantitative estimate of drug-likeness (QED) is 0.243. The number of amides is 2. The van der Waals surface area contributed by atoms with Gasteiger partial charge in [-0.1, -0.05) is 23.4 Å². The Kier molecular flexibility index (Phi) is 4.95. The van der Waals surface area contributed by atoms with Gasteiger partial charge in [-0.25, -0.2) is 0 Å². The minimum atomic E-state index is -0.850. The minimum absolute atomic E-state index is 0.0921. The largest absolute Gasteiger partial charge is 0.442 e. The number of nitro benzene ring substituents is 1. The number of fused-ring (bicyclic) bond motifs is 2. The van der Waals surface area contributed by atoms with E-state index in [-0.39, 0.29) is 24.1 Å². The van der Waals surface area contributed by atoms with Crippen LogP contribution in [0.5, 0.6) is 0 Å². The summed E-state index contributed by atoms with van der Waals surface area (Å²) in [6.45, 7) is -0.830. The van der Waals surface area contributed by atoms with Crippen molar-refractivity contribution in [2.75, 3.05) is 6.54 Å². The van der Waals surface area contributed by atoms with Gasteiger partial charge in [0.15, 0.2) is 6.73 Å². The van der Waals surface area contributed by atoms with Gasteiger partial charge in [-0.3, -0.25) is 34.2 Å². The highest BCUT2D eigenvalue weighted by atomic mass is 16.6. The summed E-state index contributed by atoms with van der Waals surface area (Å²) in [6.07, 6.45) is -0.366. The second kappa shape index (κ2) is 7.74. The van der Waals surface area contributed by atoms with Crippen molar-refractivity contribution in [1.29, 1.82) is 0 Å². The molecule has 0 aliphatic carbocycles. The molecule has 0 spiro atoms. The molecule has 2 amide bonds. The zero-order chi connectivity index (χ0) is 22.1. The van der Waals surface area contributed by atoms with Crippen molar-refractivity contribution >= 4 is 34.4 Å². The average molecular weight is 423 g/mol. The maximum Gasteiger partial charge on any atom is 0.309 e. The average Bonchev–Trinajstić information content (AvgIpc) is 3.01. The molecule has 0 fully saturated rings. The number of hydrogen-bond donors (Lipinski definition) is 0. The first-order chi connectivity index (χ1) is 14.9. The highest BCUT2D eigenvalue weighted by Crippen LogP contribution is 2.30. The van der Waals surface area contributed by atoms with Crippen molar-refractivity contribution in [3.05, 3.63) is 74.1 Å². The maximum atomic E-state index is 12.5. The summed E-state index contributed by atoms with van der Waals surface area (Å²) in [5.41, 5.74) is -0.967. The molecular weight excluding hydrogens is 410 g/mol. The molecule has 2 aromatic carbocycles. The van der Waals surface area contributed by atoms with E-state index in [0.717, 1.165) is 15.6 Å². The highest BCUT2D eigenvalue weighted by Gasteiger charge is 2.40. The molecule has 12 heteroatoms. The Hall–Kier alpha value is -4.48. The maximum absolute atomic E-state index is 12.5. The molecule has 3 aromatic rings. The normalized spacial score (nSPS) is 12.8. The number of benzene rings is 2. The lowest BCUT2D eigenvalue weighted by molar-refractivity contribution is -0.385. The molecule has 1 aromatic heterocycles. The molecule has 0 atom stereocenters. The molecule has 0 saturated heterocycles. The van der Waals surface area contributed by atoms with Gasteiger partial charge in [0.25, 0.3) is 23.1 Å². The Morgan fingerprint density at radius 2 is 1.84 bits per heavy atom. The van der Waals surface area contributed by atoms with Crippen molar-refractivity contribution in [3.8, 4) is 0 Å². The van der Waals surface area contributed by atoms with Crippen LogP contribution in [-0.2, 0) is 16.3 Å². The monoisotopic (exact) mass is 423 g/mol. The molecule has 4 rings (SSSR count). The molecule has 156 valence electrons. The van der Waals surface area contributed by atoms with Crippen LogP contribution in [0, 0.1) is 10.1 Å².